The lowest BCUT2D eigenvalue weighted by Gasteiger charge is -2.12. The maximum Gasteiger partial charge on any atom is 0.165 e. The summed E-state index contributed by atoms with van der Waals surface area (Å²) in [4.78, 5) is -0.390. The SMILES string of the molecule is COc1ccc(C(Br)c2ccccc2F)cc1F. The summed E-state index contributed by atoms with van der Waals surface area (Å²) in [6, 6.07) is 11.0. The van der Waals surface area contributed by atoms with Crippen LogP contribution in [0.5, 0.6) is 5.75 Å². The molecule has 2 aromatic rings. The number of ether oxygens (including phenoxy) is 1. The molecule has 0 spiro atoms. The summed E-state index contributed by atoms with van der Waals surface area (Å²) < 4.78 is 32.1. The van der Waals surface area contributed by atoms with Gasteiger partial charge in [-0.25, -0.2) is 8.78 Å². The summed E-state index contributed by atoms with van der Waals surface area (Å²) in [5.41, 5.74) is 1.11. The highest BCUT2D eigenvalue weighted by Gasteiger charge is 2.16. The predicted molar refractivity (Wildman–Crippen MR) is 70.1 cm³/mol. The van der Waals surface area contributed by atoms with Crippen LogP contribution < -0.4 is 4.74 Å². The van der Waals surface area contributed by atoms with Crippen molar-refractivity contribution in [1.82, 2.24) is 0 Å². The molecule has 1 unspecified atom stereocenters. The first-order chi connectivity index (χ1) is 8.63. The average Bonchev–Trinajstić information content (AvgIpc) is 2.38. The zero-order valence-electron chi connectivity index (χ0n) is 9.66. The van der Waals surface area contributed by atoms with Crippen LogP contribution in [0.3, 0.4) is 0 Å². The molecule has 2 rings (SSSR count). The van der Waals surface area contributed by atoms with Crippen molar-refractivity contribution in [3.05, 3.63) is 65.2 Å². The summed E-state index contributed by atoms with van der Waals surface area (Å²) in [6.45, 7) is 0. The van der Waals surface area contributed by atoms with Crippen LogP contribution in [-0.2, 0) is 0 Å². The van der Waals surface area contributed by atoms with E-state index in [2.05, 4.69) is 15.9 Å². The zero-order chi connectivity index (χ0) is 13.1. The van der Waals surface area contributed by atoms with Crippen molar-refractivity contribution >= 4 is 15.9 Å². The third kappa shape index (κ3) is 2.53. The van der Waals surface area contributed by atoms with Gasteiger partial charge < -0.3 is 4.74 Å². The standard InChI is InChI=1S/C14H11BrF2O/c1-18-13-7-6-9(8-12(13)17)14(15)10-4-2-3-5-11(10)16/h2-8,14H,1H3. The normalized spacial score (nSPS) is 12.2. The Hall–Kier alpha value is -1.42. The Morgan fingerprint density at radius 1 is 1.06 bits per heavy atom. The molecule has 0 radical (unpaired) electrons. The molecule has 1 atom stereocenters. The number of rotatable bonds is 3. The van der Waals surface area contributed by atoms with E-state index in [0.717, 1.165) is 0 Å². The van der Waals surface area contributed by atoms with Gasteiger partial charge in [0.05, 0.1) is 11.9 Å². The van der Waals surface area contributed by atoms with Crippen molar-refractivity contribution in [1.29, 1.82) is 0 Å². The molecule has 4 heteroatoms. The van der Waals surface area contributed by atoms with E-state index in [0.29, 0.717) is 11.1 Å². The molecular weight excluding hydrogens is 302 g/mol. The lowest BCUT2D eigenvalue weighted by atomic mass is 10.0. The van der Waals surface area contributed by atoms with E-state index < -0.39 is 5.82 Å². The summed E-state index contributed by atoms with van der Waals surface area (Å²) in [5, 5.41) is 0. The van der Waals surface area contributed by atoms with E-state index in [1.807, 2.05) is 0 Å². The molecule has 18 heavy (non-hydrogen) atoms. The van der Waals surface area contributed by atoms with E-state index in [1.165, 1.54) is 25.3 Å². The van der Waals surface area contributed by atoms with Crippen molar-refractivity contribution in [2.75, 3.05) is 7.11 Å². The highest BCUT2D eigenvalue weighted by atomic mass is 79.9. The Morgan fingerprint density at radius 2 is 1.78 bits per heavy atom. The molecule has 0 aromatic heterocycles. The van der Waals surface area contributed by atoms with E-state index in [1.54, 1.807) is 24.3 Å². The third-order valence-corrected chi connectivity index (χ3v) is 3.67. The molecule has 0 saturated carbocycles. The molecule has 0 N–H and O–H groups in total. The van der Waals surface area contributed by atoms with Crippen LogP contribution in [0.4, 0.5) is 8.78 Å². The molecule has 0 aliphatic heterocycles. The molecule has 2 aromatic carbocycles. The van der Waals surface area contributed by atoms with Crippen molar-refractivity contribution in [3.63, 3.8) is 0 Å². The van der Waals surface area contributed by atoms with Gasteiger partial charge in [0.15, 0.2) is 11.6 Å². The Labute approximate surface area is 113 Å². The minimum atomic E-state index is -0.462. The Kier molecular flexibility index (Phi) is 3.97. The molecule has 0 aliphatic carbocycles. The molecule has 94 valence electrons. The molecule has 1 nitrogen and oxygen atoms in total. The van der Waals surface area contributed by atoms with E-state index >= 15 is 0 Å². The summed E-state index contributed by atoms with van der Waals surface area (Å²) in [5.74, 6) is -0.613. The van der Waals surface area contributed by atoms with Gasteiger partial charge in [0.25, 0.3) is 0 Å². The van der Waals surface area contributed by atoms with Gasteiger partial charge in [-0.3, -0.25) is 0 Å². The fraction of sp³-hybridized carbons (Fsp3) is 0.143. The lowest BCUT2D eigenvalue weighted by molar-refractivity contribution is 0.386. The molecule has 0 saturated heterocycles. The third-order valence-electron chi connectivity index (χ3n) is 2.65. The Bertz CT molecular complexity index is 557. The number of alkyl halides is 1. The Balaban J connectivity index is 2.37. The van der Waals surface area contributed by atoms with Gasteiger partial charge in [0, 0.05) is 5.56 Å². The number of benzene rings is 2. The molecule has 0 amide bonds. The number of hydrogen-bond donors (Lipinski definition) is 0. The fourth-order valence-electron chi connectivity index (χ4n) is 1.70. The zero-order valence-corrected chi connectivity index (χ0v) is 11.2. The first-order valence-corrected chi connectivity index (χ1v) is 6.27. The van der Waals surface area contributed by atoms with Crippen LogP contribution in [0.1, 0.15) is 16.0 Å². The van der Waals surface area contributed by atoms with E-state index in [-0.39, 0.29) is 16.4 Å². The molecule has 0 aliphatic rings. The van der Waals surface area contributed by atoms with E-state index in [9.17, 15) is 8.78 Å². The minimum absolute atomic E-state index is 0.173. The Morgan fingerprint density at radius 3 is 2.39 bits per heavy atom. The highest BCUT2D eigenvalue weighted by Crippen LogP contribution is 2.34. The molecule has 0 bridgehead atoms. The summed E-state index contributed by atoms with van der Waals surface area (Å²) in [6.07, 6.45) is 0. The van der Waals surface area contributed by atoms with Gasteiger partial charge in [0.1, 0.15) is 5.82 Å². The van der Waals surface area contributed by atoms with Gasteiger partial charge in [-0.05, 0) is 23.8 Å². The second kappa shape index (κ2) is 5.48. The molecule has 0 heterocycles. The second-order valence-electron chi connectivity index (χ2n) is 3.78. The minimum Gasteiger partial charge on any atom is -0.494 e. The summed E-state index contributed by atoms with van der Waals surface area (Å²) in [7, 11) is 1.40. The van der Waals surface area contributed by atoms with Gasteiger partial charge in [-0.1, -0.05) is 40.2 Å². The predicted octanol–water partition coefficient (Wildman–Crippen LogP) is 4.46. The monoisotopic (exact) mass is 312 g/mol. The van der Waals surface area contributed by atoms with Crippen LogP contribution in [0.15, 0.2) is 42.5 Å². The first-order valence-electron chi connectivity index (χ1n) is 5.35. The second-order valence-corrected chi connectivity index (χ2v) is 4.69. The lowest BCUT2D eigenvalue weighted by Crippen LogP contribution is -1.98. The van der Waals surface area contributed by atoms with Crippen molar-refractivity contribution in [2.45, 2.75) is 4.83 Å². The first kappa shape index (κ1) is 13.0. The van der Waals surface area contributed by atoms with E-state index in [4.69, 9.17) is 4.74 Å². The number of hydrogen-bond acceptors (Lipinski definition) is 1. The maximum absolute atomic E-state index is 13.6. The highest BCUT2D eigenvalue weighted by molar-refractivity contribution is 9.09. The fourth-order valence-corrected chi connectivity index (χ4v) is 2.36. The van der Waals surface area contributed by atoms with Gasteiger partial charge in [-0.2, -0.15) is 0 Å². The van der Waals surface area contributed by atoms with Crippen LogP contribution in [0.2, 0.25) is 0 Å². The van der Waals surface area contributed by atoms with Crippen LogP contribution in [0, 0.1) is 11.6 Å². The topological polar surface area (TPSA) is 9.23 Å². The summed E-state index contributed by atoms with van der Waals surface area (Å²) >= 11 is 3.38. The van der Waals surface area contributed by atoms with Gasteiger partial charge >= 0.3 is 0 Å². The molecule has 0 fully saturated rings. The van der Waals surface area contributed by atoms with Crippen molar-refractivity contribution in [2.24, 2.45) is 0 Å². The number of halogens is 3. The van der Waals surface area contributed by atoms with Crippen LogP contribution >= 0.6 is 15.9 Å². The van der Waals surface area contributed by atoms with Gasteiger partial charge in [0.2, 0.25) is 0 Å². The smallest absolute Gasteiger partial charge is 0.165 e. The maximum atomic E-state index is 13.6. The molecular formula is C14H11BrF2O. The van der Waals surface area contributed by atoms with Crippen LogP contribution in [-0.4, -0.2) is 7.11 Å². The van der Waals surface area contributed by atoms with Crippen molar-refractivity contribution < 1.29 is 13.5 Å². The van der Waals surface area contributed by atoms with Crippen molar-refractivity contribution in [3.8, 4) is 5.75 Å². The van der Waals surface area contributed by atoms with Gasteiger partial charge in [-0.15, -0.1) is 0 Å². The average molecular weight is 313 g/mol. The largest absolute Gasteiger partial charge is 0.494 e. The number of methoxy groups -OCH3 is 1. The van der Waals surface area contributed by atoms with Crippen LogP contribution in [0.25, 0.3) is 0 Å². The quantitative estimate of drug-likeness (QED) is 0.760.